The van der Waals surface area contributed by atoms with E-state index in [1.807, 2.05) is 0 Å². The van der Waals surface area contributed by atoms with Crippen LogP contribution in [0.2, 0.25) is 0 Å². The van der Waals surface area contributed by atoms with E-state index in [1.54, 1.807) is 0 Å². The minimum Gasteiger partial charge on any atom is -0.303 e. The highest BCUT2D eigenvalue weighted by atomic mass is 16.1. The lowest BCUT2D eigenvalue weighted by atomic mass is 9.98. The zero-order valence-electron chi connectivity index (χ0n) is 7.97. The number of aldehydes is 1. The molecule has 0 amide bonds. The standard InChI is InChI=1S/C10H20O/c1-4-10(8-11)7-5-6-9(2)3/h8-10H,4-7H2,1-3H3. The maximum absolute atomic E-state index is 10.4. The lowest BCUT2D eigenvalue weighted by Crippen LogP contribution is -2.00. The van der Waals surface area contributed by atoms with Crippen LogP contribution in [-0.4, -0.2) is 6.29 Å². The van der Waals surface area contributed by atoms with E-state index in [0.29, 0.717) is 5.92 Å². The third-order valence-corrected chi connectivity index (χ3v) is 2.07. The van der Waals surface area contributed by atoms with E-state index in [4.69, 9.17) is 0 Å². The molecule has 0 aromatic heterocycles. The summed E-state index contributed by atoms with van der Waals surface area (Å²) in [6, 6.07) is 0. The fourth-order valence-corrected chi connectivity index (χ4v) is 1.16. The van der Waals surface area contributed by atoms with Crippen molar-refractivity contribution < 1.29 is 4.79 Å². The molecule has 0 aliphatic rings. The molecule has 0 N–H and O–H groups in total. The summed E-state index contributed by atoms with van der Waals surface area (Å²) >= 11 is 0. The number of carbonyl (C=O) groups is 1. The second-order valence-corrected chi connectivity index (χ2v) is 3.63. The van der Waals surface area contributed by atoms with Crippen molar-refractivity contribution in [1.82, 2.24) is 0 Å². The second kappa shape index (κ2) is 6.38. The Balaban J connectivity index is 3.28. The van der Waals surface area contributed by atoms with E-state index in [2.05, 4.69) is 20.8 Å². The Labute approximate surface area is 70.2 Å². The number of rotatable bonds is 6. The molecule has 1 nitrogen and oxygen atoms in total. The third-order valence-electron chi connectivity index (χ3n) is 2.07. The van der Waals surface area contributed by atoms with Crippen molar-refractivity contribution in [3.05, 3.63) is 0 Å². The van der Waals surface area contributed by atoms with Crippen molar-refractivity contribution in [2.75, 3.05) is 0 Å². The molecule has 11 heavy (non-hydrogen) atoms. The Bertz CT molecular complexity index is 97.0. The van der Waals surface area contributed by atoms with Gasteiger partial charge in [-0.05, 0) is 18.8 Å². The van der Waals surface area contributed by atoms with Crippen molar-refractivity contribution in [2.45, 2.75) is 46.5 Å². The van der Waals surface area contributed by atoms with Gasteiger partial charge in [-0.1, -0.05) is 33.6 Å². The van der Waals surface area contributed by atoms with Crippen LogP contribution < -0.4 is 0 Å². The Morgan fingerprint density at radius 1 is 1.27 bits per heavy atom. The zero-order valence-corrected chi connectivity index (χ0v) is 7.97. The highest BCUT2D eigenvalue weighted by molar-refractivity contribution is 5.53. The summed E-state index contributed by atoms with van der Waals surface area (Å²) in [5, 5.41) is 0. The minimum absolute atomic E-state index is 0.314. The SMILES string of the molecule is CCC(C=O)CCCC(C)C. The molecular formula is C10H20O. The van der Waals surface area contributed by atoms with Crippen LogP contribution in [-0.2, 0) is 4.79 Å². The van der Waals surface area contributed by atoms with E-state index in [1.165, 1.54) is 12.8 Å². The van der Waals surface area contributed by atoms with Crippen LogP contribution in [0.3, 0.4) is 0 Å². The van der Waals surface area contributed by atoms with Crippen molar-refractivity contribution >= 4 is 6.29 Å². The van der Waals surface area contributed by atoms with Gasteiger partial charge in [-0.25, -0.2) is 0 Å². The Hall–Kier alpha value is -0.330. The van der Waals surface area contributed by atoms with Gasteiger partial charge in [0.2, 0.25) is 0 Å². The molecule has 0 spiro atoms. The highest BCUT2D eigenvalue weighted by Gasteiger charge is 2.03. The van der Waals surface area contributed by atoms with Crippen molar-refractivity contribution in [1.29, 1.82) is 0 Å². The van der Waals surface area contributed by atoms with Crippen LogP contribution in [0.5, 0.6) is 0 Å². The molecule has 0 heterocycles. The summed E-state index contributed by atoms with van der Waals surface area (Å²) < 4.78 is 0. The third kappa shape index (κ3) is 6.08. The molecule has 66 valence electrons. The van der Waals surface area contributed by atoms with Gasteiger partial charge in [-0.2, -0.15) is 0 Å². The molecule has 0 saturated heterocycles. The van der Waals surface area contributed by atoms with Crippen molar-refractivity contribution in [3.8, 4) is 0 Å². The molecule has 0 aromatic carbocycles. The second-order valence-electron chi connectivity index (χ2n) is 3.63. The fraction of sp³-hybridized carbons (Fsp3) is 0.900. The van der Waals surface area contributed by atoms with Crippen LogP contribution in [0, 0.1) is 11.8 Å². The van der Waals surface area contributed by atoms with Crippen molar-refractivity contribution in [2.24, 2.45) is 11.8 Å². The van der Waals surface area contributed by atoms with Gasteiger partial charge in [0.1, 0.15) is 6.29 Å². The first-order valence-corrected chi connectivity index (χ1v) is 4.66. The van der Waals surface area contributed by atoms with Gasteiger partial charge < -0.3 is 4.79 Å². The summed E-state index contributed by atoms with van der Waals surface area (Å²) in [5.41, 5.74) is 0. The molecule has 0 saturated carbocycles. The van der Waals surface area contributed by atoms with E-state index < -0.39 is 0 Å². The van der Waals surface area contributed by atoms with Crippen LogP contribution in [0.25, 0.3) is 0 Å². The number of carbonyl (C=O) groups excluding carboxylic acids is 1. The Kier molecular flexibility index (Phi) is 6.19. The first-order valence-electron chi connectivity index (χ1n) is 4.66. The van der Waals surface area contributed by atoms with Crippen molar-refractivity contribution in [3.63, 3.8) is 0 Å². The van der Waals surface area contributed by atoms with Gasteiger partial charge >= 0.3 is 0 Å². The number of hydrogen-bond acceptors (Lipinski definition) is 1. The van der Waals surface area contributed by atoms with E-state index >= 15 is 0 Å². The molecule has 0 aliphatic heterocycles. The molecule has 0 aromatic rings. The summed E-state index contributed by atoms with van der Waals surface area (Å²) in [6.45, 7) is 6.53. The van der Waals surface area contributed by atoms with Crippen LogP contribution >= 0.6 is 0 Å². The first kappa shape index (κ1) is 10.7. The quantitative estimate of drug-likeness (QED) is 0.540. The topological polar surface area (TPSA) is 17.1 Å². The van der Waals surface area contributed by atoms with Crippen LogP contribution in [0.15, 0.2) is 0 Å². The maximum atomic E-state index is 10.4. The normalized spacial score (nSPS) is 13.5. The predicted octanol–water partition coefficient (Wildman–Crippen LogP) is 3.04. The van der Waals surface area contributed by atoms with Crippen LogP contribution in [0.4, 0.5) is 0 Å². The molecule has 0 aliphatic carbocycles. The maximum Gasteiger partial charge on any atom is 0.123 e. The van der Waals surface area contributed by atoms with E-state index in [9.17, 15) is 4.79 Å². The number of hydrogen-bond donors (Lipinski definition) is 0. The smallest absolute Gasteiger partial charge is 0.123 e. The van der Waals surface area contributed by atoms with Crippen LogP contribution in [0.1, 0.15) is 46.5 Å². The highest BCUT2D eigenvalue weighted by Crippen LogP contribution is 2.13. The zero-order chi connectivity index (χ0) is 8.69. The van der Waals surface area contributed by atoms with Gasteiger partial charge in [0, 0.05) is 5.92 Å². The van der Waals surface area contributed by atoms with Gasteiger partial charge in [-0.15, -0.1) is 0 Å². The molecule has 1 unspecified atom stereocenters. The fourth-order valence-electron chi connectivity index (χ4n) is 1.16. The van der Waals surface area contributed by atoms with Gasteiger partial charge in [0.15, 0.2) is 0 Å². The Morgan fingerprint density at radius 2 is 1.91 bits per heavy atom. The molecule has 1 atom stereocenters. The minimum atomic E-state index is 0.314. The lowest BCUT2D eigenvalue weighted by molar-refractivity contribution is -0.111. The summed E-state index contributed by atoms with van der Waals surface area (Å²) in [6.07, 6.45) is 5.64. The van der Waals surface area contributed by atoms with E-state index in [0.717, 1.165) is 25.0 Å². The molecule has 0 radical (unpaired) electrons. The first-order chi connectivity index (χ1) is 5.20. The molecule has 0 bridgehead atoms. The monoisotopic (exact) mass is 156 g/mol. The molecular weight excluding hydrogens is 136 g/mol. The van der Waals surface area contributed by atoms with Gasteiger partial charge in [0.25, 0.3) is 0 Å². The molecule has 1 heteroatoms. The largest absolute Gasteiger partial charge is 0.303 e. The van der Waals surface area contributed by atoms with E-state index in [-0.39, 0.29) is 0 Å². The Morgan fingerprint density at radius 3 is 2.27 bits per heavy atom. The lowest BCUT2D eigenvalue weighted by Gasteiger charge is -2.07. The molecule has 0 fully saturated rings. The molecule has 0 rings (SSSR count). The average Bonchev–Trinajstić information content (AvgIpc) is 1.98. The van der Waals surface area contributed by atoms with Gasteiger partial charge in [-0.3, -0.25) is 0 Å². The average molecular weight is 156 g/mol. The summed E-state index contributed by atoms with van der Waals surface area (Å²) in [7, 11) is 0. The summed E-state index contributed by atoms with van der Waals surface area (Å²) in [5.74, 6) is 1.09. The summed E-state index contributed by atoms with van der Waals surface area (Å²) in [4.78, 5) is 10.4. The van der Waals surface area contributed by atoms with Gasteiger partial charge in [0.05, 0.1) is 0 Å². The predicted molar refractivity (Wildman–Crippen MR) is 48.5 cm³/mol.